The maximum absolute atomic E-state index is 10.8. The second kappa shape index (κ2) is 6.45. The van der Waals surface area contributed by atoms with E-state index in [4.69, 9.17) is 11.6 Å². The standard InChI is InChI=1S/C15H15ClN2O3/c1-2-17(13-5-3-12(16)4-6-13)10-11-9-14(18(20)21)7-8-15(11)19/h3-9,19H,2,10H2,1H3. The van der Waals surface area contributed by atoms with E-state index in [1.807, 2.05) is 24.0 Å². The smallest absolute Gasteiger partial charge is 0.270 e. The summed E-state index contributed by atoms with van der Waals surface area (Å²) >= 11 is 5.87. The van der Waals surface area contributed by atoms with Gasteiger partial charge in [-0.1, -0.05) is 11.6 Å². The zero-order chi connectivity index (χ0) is 15.4. The second-order valence-corrected chi connectivity index (χ2v) is 5.00. The van der Waals surface area contributed by atoms with E-state index >= 15 is 0 Å². The largest absolute Gasteiger partial charge is 0.508 e. The molecule has 110 valence electrons. The van der Waals surface area contributed by atoms with Crippen LogP contribution < -0.4 is 4.90 Å². The Kier molecular flexibility index (Phi) is 4.65. The monoisotopic (exact) mass is 306 g/mol. The van der Waals surface area contributed by atoms with Crippen LogP contribution in [0.15, 0.2) is 42.5 Å². The minimum Gasteiger partial charge on any atom is -0.508 e. The van der Waals surface area contributed by atoms with Gasteiger partial charge in [0.1, 0.15) is 5.75 Å². The normalized spacial score (nSPS) is 10.4. The Morgan fingerprint density at radius 1 is 1.24 bits per heavy atom. The predicted molar refractivity (Wildman–Crippen MR) is 82.9 cm³/mol. The van der Waals surface area contributed by atoms with Crippen LogP contribution in [0.2, 0.25) is 5.02 Å². The fourth-order valence-corrected chi connectivity index (χ4v) is 2.18. The van der Waals surface area contributed by atoms with Crippen molar-refractivity contribution in [3.8, 4) is 5.75 Å². The highest BCUT2D eigenvalue weighted by molar-refractivity contribution is 6.30. The van der Waals surface area contributed by atoms with Crippen LogP contribution >= 0.6 is 11.6 Å². The number of rotatable bonds is 5. The van der Waals surface area contributed by atoms with Crippen LogP contribution in [0.5, 0.6) is 5.75 Å². The molecule has 2 rings (SSSR count). The summed E-state index contributed by atoms with van der Waals surface area (Å²) in [5, 5.41) is 21.4. The lowest BCUT2D eigenvalue weighted by Crippen LogP contribution is -2.22. The molecule has 5 nitrogen and oxygen atoms in total. The van der Waals surface area contributed by atoms with Gasteiger partial charge in [0.15, 0.2) is 0 Å². The van der Waals surface area contributed by atoms with Crippen molar-refractivity contribution >= 4 is 23.0 Å². The fourth-order valence-electron chi connectivity index (χ4n) is 2.06. The molecule has 2 aromatic carbocycles. The molecule has 0 unspecified atom stereocenters. The Balaban J connectivity index is 2.28. The molecule has 0 aliphatic heterocycles. The van der Waals surface area contributed by atoms with E-state index in [2.05, 4.69) is 0 Å². The summed E-state index contributed by atoms with van der Waals surface area (Å²) in [6.07, 6.45) is 0. The maximum atomic E-state index is 10.8. The average molecular weight is 307 g/mol. The molecule has 0 saturated heterocycles. The molecule has 0 amide bonds. The van der Waals surface area contributed by atoms with E-state index in [0.717, 1.165) is 5.69 Å². The number of non-ortho nitro benzene ring substituents is 1. The van der Waals surface area contributed by atoms with Gasteiger partial charge < -0.3 is 10.0 Å². The van der Waals surface area contributed by atoms with Crippen LogP contribution in [-0.4, -0.2) is 16.6 Å². The number of aromatic hydroxyl groups is 1. The zero-order valence-electron chi connectivity index (χ0n) is 11.5. The Morgan fingerprint density at radius 3 is 2.48 bits per heavy atom. The van der Waals surface area contributed by atoms with Crippen molar-refractivity contribution in [1.29, 1.82) is 0 Å². The SMILES string of the molecule is CCN(Cc1cc([N+](=O)[O-])ccc1O)c1ccc(Cl)cc1. The molecule has 0 heterocycles. The number of nitro benzene ring substituents is 1. The van der Waals surface area contributed by atoms with Gasteiger partial charge in [-0.05, 0) is 37.3 Å². The maximum Gasteiger partial charge on any atom is 0.270 e. The third kappa shape index (κ3) is 3.64. The van der Waals surface area contributed by atoms with Crippen molar-refractivity contribution in [3.05, 3.63) is 63.2 Å². The highest BCUT2D eigenvalue weighted by Crippen LogP contribution is 2.27. The molecule has 21 heavy (non-hydrogen) atoms. The number of nitrogens with zero attached hydrogens (tertiary/aromatic N) is 2. The average Bonchev–Trinajstić information content (AvgIpc) is 2.47. The number of hydrogen-bond acceptors (Lipinski definition) is 4. The Labute approximate surface area is 127 Å². The quantitative estimate of drug-likeness (QED) is 0.670. The molecule has 0 spiro atoms. The van der Waals surface area contributed by atoms with E-state index in [1.54, 1.807) is 12.1 Å². The van der Waals surface area contributed by atoms with Crippen molar-refractivity contribution in [2.24, 2.45) is 0 Å². The number of hydrogen-bond donors (Lipinski definition) is 1. The third-order valence-corrected chi connectivity index (χ3v) is 3.46. The second-order valence-electron chi connectivity index (χ2n) is 4.56. The zero-order valence-corrected chi connectivity index (χ0v) is 12.2. The van der Waals surface area contributed by atoms with Crippen molar-refractivity contribution < 1.29 is 10.0 Å². The molecule has 0 radical (unpaired) electrons. The first-order valence-electron chi connectivity index (χ1n) is 6.48. The number of phenols is 1. The molecule has 6 heteroatoms. The van der Waals surface area contributed by atoms with Crippen LogP contribution in [0.1, 0.15) is 12.5 Å². The molecule has 0 saturated carbocycles. The van der Waals surface area contributed by atoms with E-state index in [9.17, 15) is 15.2 Å². The lowest BCUT2D eigenvalue weighted by molar-refractivity contribution is -0.384. The molecule has 0 aliphatic rings. The lowest BCUT2D eigenvalue weighted by atomic mass is 10.1. The van der Waals surface area contributed by atoms with Crippen molar-refractivity contribution in [1.82, 2.24) is 0 Å². The van der Waals surface area contributed by atoms with Crippen molar-refractivity contribution in [3.63, 3.8) is 0 Å². The Hall–Kier alpha value is -2.27. The summed E-state index contributed by atoms with van der Waals surface area (Å²) in [7, 11) is 0. The number of halogens is 1. The summed E-state index contributed by atoms with van der Waals surface area (Å²) < 4.78 is 0. The van der Waals surface area contributed by atoms with Gasteiger partial charge in [-0.2, -0.15) is 0 Å². The summed E-state index contributed by atoms with van der Waals surface area (Å²) in [4.78, 5) is 12.3. The van der Waals surface area contributed by atoms with E-state index in [0.29, 0.717) is 23.7 Å². The molecule has 0 fully saturated rings. The minimum atomic E-state index is -0.471. The minimum absolute atomic E-state index is 0.0324. The first-order chi connectivity index (χ1) is 10.0. The van der Waals surface area contributed by atoms with Gasteiger partial charge in [-0.3, -0.25) is 10.1 Å². The van der Waals surface area contributed by atoms with Crippen LogP contribution in [0, 0.1) is 10.1 Å². The molecule has 2 aromatic rings. The molecular formula is C15H15ClN2O3. The first-order valence-corrected chi connectivity index (χ1v) is 6.86. The van der Waals surface area contributed by atoms with Gasteiger partial charge in [0.2, 0.25) is 0 Å². The lowest BCUT2D eigenvalue weighted by Gasteiger charge is -2.23. The number of nitro groups is 1. The molecule has 1 N–H and O–H groups in total. The molecule has 0 aromatic heterocycles. The van der Waals surface area contributed by atoms with E-state index < -0.39 is 4.92 Å². The number of benzene rings is 2. The van der Waals surface area contributed by atoms with Gasteiger partial charge in [0.05, 0.1) is 4.92 Å². The highest BCUT2D eigenvalue weighted by atomic mass is 35.5. The predicted octanol–water partition coefficient (Wildman–Crippen LogP) is 3.98. The number of anilines is 1. The number of phenolic OH excluding ortho intramolecular Hbond substituents is 1. The van der Waals surface area contributed by atoms with E-state index in [1.165, 1.54) is 18.2 Å². The first kappa shape index (κ1) is 15.1. The van der Waals surface area contributed by atoms with Crippen molar-refractivity contribution in [2.75, 3.05) is 11.4 Å². The van der Waals surface area contributed by atoms with Gasteiger partial charge in [-0.25, -0.2) is 0 Å². The molecular weight excluding hydrogens is 292 g/mol. The Bertz CT molecular complexity index is 644. The molecule has 0 bridgehead atoms. The van der Waals surface area contributed by atoms with Gasteiger partial charge in [0.25, 0.3) is 5.69 Å². The molecule has 0 atom stereocenters. The van der Waals surface area contributed by atoms with Crippen LogP contribution in [-0.2, 0) is 6.54 Å². The van der Waals surface area contributed by atoms with Gasteiger partial charge >= 0.3 is 0 Å². The van der Waals surface area contributed by atoms with Gasteiger partial charge in [-0.15, -0.1) is 0 Å². The van der Waals surface area contributed by atoms with Crippen LogP contribution in [0.4, 0.5) is 11.4 Å². The third-order valence-electron chi connectivity index (χ3n) is 3.21. The van der Waals surface area contributed by atoms with Crippen molar-refractivity contribution in [2.45, 2.75) is 13.5 Å². The molecule has 0 aliphatic carbocycles. The summed E-state index contributed by atoms with van der Waals surface area (Å²) in [5.41, 5.74) is 1.42. The fraction of sp³-hybridized carbons (Fsp3) is 0.200. The summed E-state index contributed by atoms with van der Waals surface area (Å²) in [5.74, 6) is 0.0491. The van der Waals surface area contributed by atoms with E-state index in [-0.39, 0.29) is 11.4 Å². The van der Waals surface area contributed by atoms with Crippen LogP contribution in [0.25, 0.3) is 0 Å². The topological polar surface area (TPSA) is 66.6 Å². The Morgan fingerprint density at radius 2 is 1.90 bits per heavy atom. The van der Waals surface area contributed by atoms with Crippen LogP contribution in [0.3, 0.4) is 0 Å². The highest BCUT2D eigenvalue weighted by Gasteiger charge is 2.13. The summed E-state index contributed by atoms with van der Waals surface area (Å²) in [6.45, 7) is 3.05. The van der Waals surface area contributed by atoms with Gasteiger partial charge in [0, 0.05) is 41.5 Å². The summed E-state index contributed by atoms with van der Waals surface area (Å²) in [6, 6.07) is 11.4.